The van der Waals surface area contributed by atoms with Gasteiger partial charge < -0.3 is 15.5 Å². The number of hydrogen-bond acceptors (Lipinski definition) is 3. The third-order valence-corrected chi connectivity index (χ3v) is 3.35. The SMILES string of the molecule is CC(C)C(CNC(=O)C1CCNC1)N(C)C. The Morgan fingerprint density at radius 1 is 1.50 bits per heavy atom. The van der Waals surface area contributed by atoms with E-state index in [2.05, 4.69) is 43.5 Å². The highest BCUT2D eigenvalue weighted by Gasteiger charge is 2.23. The van der Waals surface area contributed by atoms with E-state index in [4.69, 9.17) is 0 Å². The number of nitrogens with zero attached hydrogens (tertiary/aromatic N) is 1. The highest BCUT2D eigenvalue weighted by atomic mass is 16.1. The Balaban J connectivity index is 2.33. The van der Waals surface area contributed by atoms with E-state index in [1.807, 2.05) is 0 Å². The number of rotatable bonds is 5. The smallest absolute Gasteiger partial charge is 0.224 e. The Bertz CT molecular complexity index is 214. The monoisotopic (exact) mass is 227 g/mol. The number of carbonyl (C=O) groups is 1. The van der Waals surface area contributed by atoms with Gasteiger partial charge in [0.1, 0.15) is 0 Å². The largest absolute Gasteiger partial charge is 0.354 e. The molecule has 16 heavy (non-hydrogen) atoms. The van der Waals surface area contributed by atoms with Gasteiger partial charge in [-0.2, -0.15) is 0 Å². The molecule has 1 saturated heterocycles. The molecule has 2 N–H and O–H groups in total. The van der Waals surface area contributed by atoms with Crippen LogP contribution in [0.1, 0.15) is 20.3 Å². The van der Waals surface area contributed by atoms with Crippen molar-refractivity contribution >= 4 is 5.91 Å². The van der Waals surface area contributed by atoms with Crippen LogP contribution >= 0.6 is 0 Å². The van der Waals surface area contributed by atoms with Crippen molar-refractivity contribution in [2.75, 3.05) is 33.7 Å². The molecule has 1 amide bonds. The molecule has 94 valence electrons. The van der Waals surface area contributed by atoms with Crippen LogP contribution in [-0.2, 0) is 4.79 Å². The molecule has 1 fully saturated rings. The molecule has 1 aliphatic heterocycles. The molecule has 0 aliphatic carbocycles. The summed E-state index contributed by atoms with van der Waals surface area (Å²) in [6, 6.07) is 0.415. The number of amides is 1. The van der Waals surface area contributed by atoms with Crippen LogP contribution in [0.3, 0.4) is 0 Å². The summed E-state index contributed by atoms with van der Waals surface area (Å²) in [7, 11) is 4.13. The lowest BCUT2D eigenvalue weighted by atomic mass is 10.0. The Hall–Kier alpha value is -0.610. The first-order chi connectivity index (χ1) is 7.52. The molecule has 1 rings (SSSR count). The lowest BCUT2D eigenvalue weighted by Gasteiger charge is -2.28. The third kappa shape index (κ3) is 3.76. The van der Waals surface area contributed by atoms with Gasteiger partial charge in [0.15, 0.2) is 0 Å². The molecule has 0 aromatic rings. The quantitative estimate of drug-likeness (QED) is 0.710. The fraction of sp³-hybridized carbons (Fsp3) is 0.917. The van der Waals surface area contributed by atoms with E-state index >= 15 is 0 Å². The molecule has 0 aromatic heterocycles. The van der Waals surface area contributed by atoms with Crippen molar-refractivity contribution in [1.82, 2.24) is 15.5 Å². The zero-order valence-electron chi connectivity index (χ0n) is 10.9. The first-order valence-electron chi connectivity index (χ1n) is 6.17. The number of nitrogens with one attached hydrogen (secondary N) is 2. The van der Waals surface area contributed by atoms with E-state index in [1.165, 1.54) is 0 Å². The molecular formula is C12H25N3O. The third-order valence-electron chi connectivity index (χ3n) is 3.35. The number of hydrogen-bond donors (Lipinski definition) is 2. The van der Waals surface area contributed by atoms with Gasteiger partial charge in [-0.25, -0.2) is 0 Å². The van der Waals surface area contributed by atoms with Crippen LogP contribution in [0, 0.1) is 11.8 Å². The van der Waals surface area contributed by atoms with Crippen LogP contribution in [-0.4, -0.2) is 50.6 Å². The Labute approximate surface area is 98.8 Å². The summed E-state index contributed by atoms with van der Waals surface area (Å²) < 4.78 is 0. The molecule has 0 bridgehead atoms. The second-order valence-electron chi connectivity index (χ2n) is 5.21. The van der Waals surface area contributed by atoms with Gasteiger partial charge in [-0.1, -0.05) is 13.8 Å². The molecule has 1 heterocycles. The van der Waals surface area contributed by atoms with Gasteiger partial charge in [0.25, 0.3) is 0 Å². The standard InChI is InChI=1S/C12H25N3O/c1-9(2)11(15(3)4)8-14-12(16)10-5-6-13-7-10/h9-11,13H,5-8H2,1-4H3,(H,14,16). The Morgan fingerprint density at radius 3 is 2.62 bits per heavy atom. The van der Waals surface area contributed by atoms with E-state index in [9.17, 15) is 4.79 Å². The lowest BCUT2D eigenvalue weighted by Crippen LogP contribution is -2.45. The molecule has 0 radical (unpaired) electrons. The minimum atomic E-state index is 0.176. The van der Waals surface area contributed by atoms with Crippen molar-refractivity contribution < 1.29 is 4.79 Å². The molecule has 0 aromatic carbocycles. The zero-order valence-corrected chi connectivity index (χ0v) is 10.9. The molecule has 4 heteroatoms. The van der Waals surface area contributed by atoms with Crippen molar-refractivity contribution in [3.05, 3.63) is 0 Å². The van der Waals surface area contributed by atoms with E-state index in [-0.39, 0.29) is 11.8 Å². The molecule has 0 saturated carbocycles. The zero-order chi connectivity index (χ0) is 12.1. The van der Waals surface area contributed by atoms with E-state index in [1.54, 1.807) is 0 Å². The van der Waals surface area contributed by atoms with Gasteiger partial charge in [0.2, 0.25) is 5.91 Å². The first kappa shape index (κ1) is 13.5. The predicted octanol–water partition coefficient (Wildman–Crippen LogP) is 0.298. The van der Waals surface area contributed by atoms with Crippen LogP contribution < -0.4 is 10.6 Å². The predicted molar refractivity (Wildman–Crippen MR) is 66.3 cm³/mol. The summed E-state index contributed by atoms with van der Waals surface area (Å²) in [5.41, 5.74) is 0. The fourth-order valence-electron chi connectivity index (χ4n) is 2.24. The van der Waals surface area contributed by atoms with E-state index < -0.39 is 0 Å². The van der Waals surface area contributed by atoms with Gasteiger partial charge in [-0.15, -0.1) is 0 Å². The molecule has 1 aliphatic rings. The average Bonchev–Trinajstić information content (AvgIpc) is 2.69. The molecule has 2 unspecified atom stereocenters. The van der Waals surface area contributed by atoms with Gasteiger partial charge in [0, 0.05) is 19.1 Å². The minimum absolute atomic E-state index is 0.176. The lowest BCUT2D eigenvalue weighted by molar-refractivity contribution is -0.124. The second-order valence-corrected chi connectivity index (χ2v) is 5.21. The summed E-state index contributed by atoms with van der Waals surface area (Å²) in [4.78, 5) is 14.0. The Morgan fingerprint density at radius 2 is 2.19 bits per heavy atom. The maximum atomic E-state index is 11.8. The van der Waals surface area contributed by atoms with Crippen LogP contribution in [0.2, 0.25) is 0 Å². The van der Waals surface area contributed by atoms with Crippen molar-refractivity contribution in [3.63, 3.8) is 0 Å². The highest BCUT2D eigenvalue weighted by molar-refractivity contribution is 5.79. The first-order valence-corrected chi connectivity index (χ1v) is 6.17. The second kappa shape index (κ2) is 6.21. The van der Waals surface area contributed by atoms with Crippen molar-refractivity contribution in [3.8, 4) is 0 Å². The summed E-state index contributed by atoms with van der Waals surface area (Å²) in [6.45, 7) is 6.93. The topological polar surface area (TPSA) is 44.4 Å². The fourth-order valence-corrected chi connectivity index (χ4v) is 2.24. The van der Waals surface area contributed by atoms with E-state index in [0.717, 1.165) is 26.1 Å². The normalized spacial score (nSPS) is 22.8. The summed E-state index contributed by atoms with van der Waals surface area (Å²) in [5.74, 6) is 0.935. The van der Waals surface area contributed by atoms with Gasteiger partial charge in [-0.05, 0) is 33.0 Å². The van der Waals surface area contributed by atoms with Crippen LogP contribution in [0.5, 0.6) is 0 Å². The van der Waals surface area contributed by atoms with Crippen molar-refractivity contribution in [2.24, 2.45) is 11.8 Å². The summed E-state index contributed by atoms with van der Waals surface area (Å²) >= 11 is 0. The maximum absolute atomic E-state index is 11.8. The number of likely N-dealkylation sites (N-methyl/N-ethyl adjacent to an activating group) is 1. The molecule has 2 atom stereocenters. The van der Waals surface area contributed by atoms with Crippen molar-refractivity contribution in [2.45, 2.75) is 26.3 Å². The summed E-state index contributed by atoms with van der Waals surface area (Å²) in [5, 5.41) is 6.28. The van der Waals surface area contributed by atoms with Gasteiger partial charge in [-0.3, -0.25) is 4.79 Å². The molecule has 4 nitrogen and oxygen atoms in total. The Kier molecular flexibility index (Phi) is 5.22. The molecular weight excluding hydrogens is 202 g/mol. The number of carbonyl (C=O) groups excluding carboxylic acids is 1. The van der Waals surface area contributed by atoms with Gasteiger partial charge >= 0.3 is 0 Å². The maximum Gasteiger partial charge on any atom is 0.224 e. The van der Waals surface area contributed by atoms with Crippen LogP contribution in [0.25, 0.3) is 0 Å². The minimum Gasteiger partial charge on any atom is -0.354 e. The van der Waals surface area contributed by atoms with Crippen molar-refractivity contribution in [1.29, 1.82) is 0 Å². The van der Waals surface area contributed by atoms with Gasteiger partial charge in [0.05, 0.1) is 5.92 Å². The van der Waals surface area contributed by atoms with Crippen LogP contribution in [0.4, 0.5) is 0 Å². The highest BCUT2D eigenvalue weighted by Crippen LogP contribution is 2.09. The van der Waals surface area contributed by atoms with Crippen LogP contribution in [0.15, 0.2) is 0 Å². The summed E-state index contributed by atoms with van der Waals surface area (Å²) in [6.07, 6.45) is 0.972. The average molecular weight is 227 g/mol. The molecule has 0 spiro atoms. The van der Waals surface area contributed by atoms with E-state index in [0.29, 0.717) is 12.0 Å².